The van der Waals surface area contributed by atoms with Gasteiger partial charge in [0, 0.05) is 31.3 Å². The van der Waals surface area contributed by atoms with Crippen molar-refractivity contribution in [2.45, 2.75) is 20.0 Å². The van der Waals surface area contributed by atoms with E-state index in [9.17, 15) is 10.2 Å². The van der Waals surface area contributed by atoms with E-state index in [-0.39, 0.29) is 16.5 Å². The molecule has 0 aliphatic carbocycles. The molecule has 0 spiro atoms. The molecule has 3 aromatic rings. The Morgan fingerprint density at radius 1 is 1.11 bits per heavy atom. The van der Waals surface area contributed by atoms with Gasteiger partial charge in [0.1, 0.15) is 29.5 Å². The number of halogens is 1. The minimum Gasteiger partial charge on any atom is -0.507 e. The molecular formula is C20H21ClN4O3. The molecule has 1 aliphatic heterocycles. The number of hydrogen-bond donors (Lipinski definition) is 2. The first kappa shape index (κ1) is 18.6. The van der Waals surface area contributed by atoms with Crippen LogP contribution in [0, 0.1) is 6.92 Å². The molecule has 2 N–H and O–H groups in total. The smallest absolute Gasteiger partial charge is 0.137 e. The van der Waals surface area contributed by atoms with Crippen LogP contribution in [0.25, 0.3) is 11.3 Å². The van der Waals surface area contributed by atoms with Crippen molar-refractivity contribution >= 4 is 11.6 Å². The van der Waals surface area contributed by atoms with Crippen molar-refractivity contribution in [1.82, 2.24) is 19.9 Å². The fourth-order valence-electron chi connectivity index (χ4n) is 3.26. The number of benzene rings is 2. The molecule has 0 radical (unpaired) electrons. The van der Waals surface area contributed by atoms with Gasteiger partial charge in [0.15, 0.2) is 0 Å². The highest BCUT2D eigenvalue weighted by Crippen LogP contribution is 2.38. The van der Waals surface area contributed by atoms with Crippen LogP contribution in [-0.4, -0.2) is 49.8 Å². The van der Waals surface area contributed by atoms with E-state index >= 15 is 0 Å². The summed E-state index contributed by atoms with van der Waals surface area (Å²) in [5.74, 6) is 0.613. The maximum absolute atomic E-state index is 10.2. The molecule has 8 heteroatoms. The molecule has 1 aromatic heterocycles. The summed E-state index contributed by atoms with van der Waals surface area (Å²) in [7, 11) is 0. The SMILES string of the molecule is Cc1ccc(OCCN2CCn3nnc(-c4cc(Cl)c(O)cc4O)c3C2)cc1. The average Bonchev–Trinajstić information content (AvgIpc) is 3.09. The minimum atomic E-state index is -0.168. The molecule has 28 heavy (non-hydrogen) atoms. The first-order valence-corrected chi connectivity index (χ1v) is 9.45. The summed E-state index contributed by atoms with van der Waals surface area (Å²) >= 11 is 6.01. The standard InChI is InChI=1S/C20H21ClN4O3/c1-13-2-4-14(5-3-13)28-9-8-24-6-7-25-17(12-24)20(22-23-25)15-10-16(21)19(27)11-18(15)26/h2-5,10-11,26-27H,6-9,12H2,1H3. The Kier molecular flexibility index (Phi) is 5.11. The van der Waals surface area contributed by atoms with Gasteiger partial charge in [-0.1, -0.05) is 34.5 Å². The van der Waals surface area contributed by atoms with Crippen LogP contribution in [0.15, 0.2) is 36.4 Å². The van der Waals surface area contributed by atoms with Crippen LogP contribution in [0.3, 0.4) is 0 Å². The number of phenolic OH excluding ortho intramolecular Hbond substituents is 2. The molecule has 2 aromatic carbocycles. The number of nitrogens with zero attached hydrogens (tertiary/aromatic N) is 4. The van der Waals surface area contributed by atoms with Crippen LogP contribution in [0.2, 0.25) is 5.02 Å². The molecule has 0 saturated heterocycles. The predicted molar refractivity (Wildman–Crippen MR) is 106 cm³/mol. The van der Waals surface area contributed by atoms with Crippen molar-refractivity contribution in [2.24, 2.45) is 0 Å². The van der Waals surface area contributed by atoms with Gasteiger partial charge in [0.25, 0.3) is 0 Å². The van der Waals surface area contributed by atoms with Gasteiger partial charge in [0.05, 0.1) is 17.3 Å². The maximum Gasteiger partial charge on any atom is 0.137 e. The topological polar surface area (TPSA) is 83.6 Å². The Bertz CT molecular complexity index is 988. The van der Waals surface area contributed by atoms with Crippen molar-refractivity contribution in [3.63, 3.8) is 0 Å². The lowest BCUT2D eigenvalue weighted by Crippen LogP contribution is -2.36. The number of aryl methyl sites for hydroxylation is 1. The summed E-state index contributed by atoms with van der Waals surface area (Å²) in [6.07, 6.45) is 0. The van der Waals surface area contributed by atoms with Crippen LogP contribution in [0.1, 0.15) is 11.3 Å². The lowest BCUT2D eigenvalue weighted by atomic mass is 10.1. The fourth-order valence-corrected chi connectivity index (χ4v) is 3.43. The second-order valence-corrected chi connectivity index (χ2v) is 7.27. The lowest BCUT2D eigenvalue weighted by Gasteiger charge is -2.27. The molecule has 2 heterocycles. The molecule has 0 bridgehead atoms. The first-order chi connectivity index (χ1) is 13.5. The molecule has 0 atom stereocenters. The highest BCUT2D eigenvalue weighted by atomic mass is 35.5. The molecule has 0 saturated carbocycles. The number of hydrogen-bond acceptors (Lipinski definition) is 6. The van der Waals surface area contributed by atoms with Gasteiger partial charge in [-0.2, -0.15) is 0 Å². The normalized spacial score (nSPS) is 14.1. The van der Waals surface area contributed by atoms with Crippen molar-refractivity contribution in [1.29, 1.82) is 0 Å². The summed E-state index contributed by atoms with van der Waals surface area (Å²) in [5.41, 5.74) is 3.14. The quantitative estimate of drug-likeness (QED) is 0.684. The molecule has 7 nitrogen and oxygen atoms in total. The van der Waals surface area contributed by atoms with E-state index in [0.717, 1.165) is 24.5 Å². The van der Waals surface area contributed by atoms with Crippen molar-refractivity contribution in [3.8, 4) is 28.5 Å². The van der Waals surface area contributed by atoms with E-state index in [1.54, 1.807) is 0 Å². The summed E-state index contributed by atoms with van der Waals surface area (Å²) in [4.78, 5) is 2.26. The number of rotatable bonds is 5. The molecule has 0 fully saturated rings. The molecule has 0 amide bonds. The zero-order chi connectivity index (χ0) is 19.7. The summed E-state index contributed by atoms with van der Waals surface area (Å²) in [6, 6.07) is 10.7. The van der Waals surface area contributed by atoms with Gasteiger partial charge in [0.2, 0.25) is 0 Å². The summed E-state index contributed by atoms with van der Waals surface area (Å²) < 4.78 is 7.67. The van der Waals surface area contributed by atoms with Crippen molar-refractivity contribution < 1.29 is 14.9 Å². The average molecular weight is 401 g/mol. The molecule has 4 rings (SSSR count). The number of phenols is 2. The Morgan fingerprint density at radius 3 is 2.68 bits per heavy atom. The van der Waals surface area contributed by atoms with Gasteiger partial charge in [-0.25, -0.2) is 4.68 Å². The third kappa shape index (κ3) is 3.76. The van der Waals surface area contributed by atoms with Crippen LogP contribution in [0.4, 0.5) is 0 Å². The number of ether oxygens (including phenoxy) is 1. The molecule has 0 unspecified atom stereocenters. The number of aromatic hydroxyl groups is 2. The van der Waals surface area contributed by atoms with Crippen LogP contribution < -0.4 is 4.74 Å². The molecule has 1 aliphatic rings. The summed E-state index contributed by atoms with van der Waals surface area (Å²) in [5, 5.41) is 28.4. The van der Waals surface area contributed by atoms with E-state index in [2.05, 4.69) is 15.2 Å². The van der Waals surface area contributed by atoms with Crippen LogP contribution in [-0.2, 0) is 13.1 Å². The number of aromatic nitrogens is 3. The van der Waals surface area contributed by atoms with Gasteiger partial charge >= 0.3 is 0 Å². The number of fused-ring (bicyclic) bond motifs is 1. The predicted octanol–water partition coefficient (Wildman–Crippen LogP) is 3.21. The highest BCUT2D eigenvalue weighted by Gasteiger charge is 2.24. The highest BCUT2D eigenvalue weighted by molar-refractivity contribution is 6.32. The van der Waals surface area contributed by atoms with Gasteiger partial charge in [-0.3, -0.25) is 4.90 Å². The summed E-state index contributed by atoms with van der Waals surface area (Å²) in [6.45, 7) is 5.58. The second kappa shape index (κ2) is 7.69. The third-order valence-corrected chi connectivity index (χ3v) is 5.16. The van der Waals surface area contributed by atoms with Gasteiger partial charge in [-0.15, -0.1) is 5.10 Å². The van der Waals surface area contributed by atoms with E-state index in [1.807, 2.05) is 35.9 Å². The Morgan fingerprint density at radius 2 is 1.89 bits per heavy atom. The zero-order valence-corrected chi connectivity index (χ0v) is 16.2. The monoisotopic (exact) mass is 400 g/mol. The third-order valence-electron chi connectivity index (χ3n) is 4.86. The van der Waals surface area contributed by atoms with E-state index in [0.29, 0.717) is 31.0 Å². The molecular weight excluding hydrogens is 380 g/mol. The molecule has 146 valence electrons. The minimum absolute atomic E-state index is 0.0787. The van der Waals surface area contributed by atoms with Crippen LogP contribution >= 0.6 is 11.6 Å². The fraction of sp³-hybridized carbons (Fsp3) is 0.300. The van der Waals surface area contributed by atoms with E-state index < -0.39 is 0 Å². The second-order valence-electron chi connectivity index (χ2n) is 6.87. The van der Waals surface area contributed by atoms with Gasteiger partial charge in [-0.05, 0) is 25.1 Å². The Balaban J connectivity index is 1.46. The van der Waals surface area contributed by atoms with E-state index in [4.69, 9.17) is 16.3 Å². The largest absolute Gasteiger partial charge is 0.507 e. The van der Waals surface area contributed by atoms with Gasteiger partial charge < -0.3 is 14.9 Å². The zero-order valence-electron chi connectivity index (χ0n) is 15.5. The Labute approximate surface area is 167 Å². The first-order valence-electron chi connectivity index (χ1n) is 9.07. The van der Waals surface area contributed by atoms with Crippen molar-refractivity contribution in [3.05, 3.63) is 52.7 Å². The maximum atomic E-state index is 10.2. The Hall–Kier alpha value is -2.77. The lowest BCUT2D eigenvalue weighted by molar-refractivity contribution is 0.172. The van der Waals surface area contributed by atoms with E-state index in [1.165, 1.54) is 17.7 Å². The van der Waals surface area contributed by atoms with Crippen molar-refractivity contribution in [2.75, 3.05) is 19.7 Å². The van der Waals surface area contributed by atoms with Crippen LogP contribution in [0.5, 0.6) is 17.2 Å².